The van der Waals surface area contributed by atoms with Crippen LogP contribution in [0.3, 0.4) is 0 Å². The number of hydrogen-bond donors (Lipinski definition) is 0. The first-order valence-electron chi connectivity index (χ1n) is 8.81. The lowest BCUT2D eigenvalue weighted by atomic mass is 10.1. The summed E-state index contributed by atoms with van der Waals surface area (Å²) in [4.78, 5) is 4.54. The number of rotatable bonds is 8. The van der Waals surface area contributed by atoms with Crippen LogP contribution in [0.25, 0.3) is 0 Å². The van der Waals surface area contributed by atoms with Gasteiger partial charge in [0.25, 0.3) is 0 Å². The second-order valence-electron chi connectivity index (χ2n) is 6.49. The molecule has 4 rings (SSSR count). The Balaban J connectivity index is 1.52. The Morgan fingerprint density at radius 3 is 2.85 bits per heavy atom. The van der Waals surface area contributed by atoms with E-state index < -0.39 is 0 Å². The van der Waals surface area contributed by atoms with Gasteiger partial charge in [0, 0.05) is 18.9 Å². The van der Waals surface area contributed by atoms with Gasteiger partial charge in [-0.25, -0.2) is 0 Å². The van der Waals surface area contributed by atoms with Crippen LogP contribution in [0.2, 0.25) is 0 Å². The molecule has 0 radical (unpaired) electrons. The molecule has 0 amide bonds. The SMILES string of the molecule is C=CCn1c(Cc2ccccc2)nnc1S[C@H](C)c1nc(C2CC2)no1. The quantitative estimate of drug-likeness (QED) is 0.440. The summed E-state index contributed by atoms with van der Waals surface area (Å²) < 4.78 is 7.54. The van der Waals surface area contributed by atoms with E-state index in [1.165, 1.54) is 5.56 Å². The van der Waals surface area contributed by atoms with Crippen molar-refractivity contribution >= 4 is 11.8 Å². The zero-order valence-electron chi connectivity index (χ0n) is 14.7. The molecule has 26 heavy (non-hydrogen) atoms. The maximum atomic E-state index is 5.44. The molecule has 2 heterocycles. The van der Waals surface area contributed by atoms with Gasteiger partial charge in [-0.2, -0.15) is 4.98 Å². The molecule has 1 aliphatic rings. The highest BCUT2D eigenvalue weighted by molar-refractivity contribution is 7.99. The van der Waals surface area contributed by atoms with Crippen molar-refractivity contribution in [1.82, 2.24) is 24.9 Å². The predicted molar refractivity (Wildman–Crippen MR) is 100 cm³/mol. The van der Waals surface area contributed by atoms with Crippen molar-refractivity contribution < 1.29 is 4.52 Å². The van der Waals surface area contributed by atoms with E-state index in [-0.39, 0.29) is 5.25 Å². The zero-order valence-corrected chi connectivity index (χ0v) is 15.5. The van der Waals surface area contributed by atoms with Gasteiger partial charge in [-0.1, -0.05) is 53.3 Å². The van der Waals surface area contributed by atoms with E-state index in [2.05, 4.69) is 50.5 Å². The van der Waals surface area contributed by atoms with E-state index in [0.29, 0.717) is 18.4 Å². The first-order valence-corrected chi connectivity index (χ1v) is 9.69. The van der Waals surface area contributed by atoms with Gasteiger partial charge in [0.15, 0.2) is 11.0 Å². The number of nitrogens with zero attached hydrogens (tertiary/aromatic N) is 5. The largest absolute Gasteiger partial charge is 0.338 e. The number of aromatic nitrogens is 5. The highest BCUT2D eigenvalue weighted by Gasteiger charge is 2.30. The molecule has 0 aliphatic heterocycles. The molecule has 0 saturated heterocycles. The summed E-state index contributed by atoms with van der Waals surface area (Å²) >= 11 is 1.59. The Labute approximate surface area is 156 Å². The lowest BCUT2D eigenvalue weighted by molar-refractivity contribution is 0.374. The Morgan fingerprint density at radius 2 is 2.12 bits per heavy atom. The van der Waals surface area contributed by atoms with Gasteiger partial charge >= 0.3 is 0 Å². The number of hydrogen-bond acceptors (Lipinski definition) is 6. The van der Waals surface area contributed by atoms with Gasteiger partial charge in [0.2, 0.25) is 5.89 Å². The molecule has 2 aromatic heterocycles. The molecule has 1 aliphatic carbocycles. The Hall–Kier alpha value is -2.41. The van der Waals surface area contributed by atoms with Crippen molar-refractivity contribution in [2.75, 3.05) is 0 Å². The summed E-state index contributed by atoms with van der Waals surface area (Å²) in [5, 5.41) is 13.8. The molecular weight excluding hydrogens is 346 g/mol. The van der Waals surface area contributed by atoms with Crippen molar-refractivity contribution in [1.29, 1.82) is 0 Å². The van der Waals surface area contributed by atoms with Crippen molar-refractivity contribution in [2.45, 2.75) is 49.1 Å². The average Bonchev–Trinajstić information content (AvgIpc) is 3.28. The highest BCUT2D eigenvalue weighted by atomic mass is 32.2. The van der Waals surface area contributed by atoms with Crippen LogP contribution in [0.5, 0.6) is 0 Å². The van der Waals surface area contributed by atoms with Crippen LogP contribution in [-0.4, -0.2) is 24.9 Å². The predicted octanol–water partition coefficient (Wildman–Crippen LogP) is 4.17. The molecular formula is C19H21N5OS. The summed E-state index contributed by atoms with van der Waals surface area (Å²) in [6.45, 7) is 6.59. The maximum absolute atomic E-state index is 5.44. The van der Waals surface area contributed by atoms with Crippen LogP contribution in [0.15, 0.2) is 52.7 Å². The van der Waals surface area contributed by atoms with Gasteiger partial charge in [0.1, 0.15) is 5.82 Å². The van der Waals surface area contributed by atoms with Crippen LogP contribution in [-0.2, 0) is 13.0 Å². The highest BCUT2D eigenvalue weighted by Crippen LogP contribution is 2.40. The number of allylic oxidation sites excluding steroid dienone is 1. The van der Waals surface area contributed by atoms with E-state index >= 15 is 0 Å². The lowest BCUT2D eigenvalue weighted by Gasteiger charge is -2.09. The molecule has 0 unspecified atom stereocenters. The molecule has 0 N–H and O–H groups in total. The molecule has 6 nitrogen and oxygen atoms in total. The third-order valence-corrected chi connectivity index (χ3v) is 5.41. The van der Waals surface area contributed by atoms with E-state index in [9.17, 15) is 0 Å². The Kier molecular flexibility index (Phi) is 4.88. The van der Waals surface area contributed by atoms with Crippen LogP contribution < -0.4 is 0 Å². The third-order valence-electron chi connectivity index (χ3n) is 4.34. The van der Waals surface area contributed by atoms with Crippen molar-refractivity contribution in [3.63, 3.8) is 0 Å². The van der Waals surface area contributed by atoms with Gasteiger partial charge in [0.05, 0.1) is 5.25 Å². The van der Waals surface area contributed by atoms with Gasteiger partial charge in [-0.3, -0.25) is 0 Å². The monoisotopic (exact) mass is 367 g/mol. The molecule has 7 heteroatoms. The second-order valence-corrected chi connectivity index (χ2v) is 7.79. The molecule has 134 valence electrons. The maximum Gasteiger partial charge on any atom is 0.239 e. The van der Waals surface area contributed by atoms with E-state index in [4.69, 9.17) is 4.52 Å². The third kappa shape index (κ3) is 3.72. The molecule has 3 aromatic rings. The molecule has 1 atom stereocenters. The Bertz CT molecular complexity index is 884. The van der Waals surface area contributed by atoms with Crippen LogP contribution in [0.1, 0.15) is 54.0 Å². The van der Waals surface area contributed by atoms with Crippen LogP contribution >= 0.6 is 11.8 Å². The summed E-state index contributed by atoms with van der Waals surface area (Å²) in [5.41, 5.74) is 1.21. The number of thioether (sulfide) groups is 1. The van der Waals surface area contributed by atoms with Crippen LogP contribution in [0, 0.1) is 0 Å². The van der Waals surface area contributed by atoms with Gasteiger partial charge in [-0.05, 0) is 25.3 Å². The fourth-order valence-corrected chi connectivity index (χ4v) is 3.66. The zero-order chi connectivity index (χ0) is 17.9. The second kappa shape index (κ2) is 7.45. The first kappa shape index (κ1) is 17.0. The van der Waals surface area contributed by atoms with Crippen molar-refractivity contribution in [2.24, 2.45) is 0 Å². The Morgan fingerprint density at radius 1 is 1.31 bits per heavy atom. The standard InChI is InChI=1S/C19H21N5OS/c1-3-11-24-16(12-14-7-5-4-6-8-14)21-22-19(24)26-13(2)18-20-17(23-25-18)15-9-10-15/h3-8,13,15H,1,9-12H2,2H3/t13-/m1/s1. The van der Waals surface area contributed by atoms with E-state index in [1.54, 1.807) is 11.8 Å². The van der Waals surface area contributed by atoms with E-state index in [0.717, 1.165) is 36.1 Å². The minimum atomic E-state index is 0.0207. The molecule has 0 spiro atoms. The van der Waals surface area contributed by atoms with Crippen molar-refractivity contribution in [3.8, 4) is 0 Å². The molecule has 1 aromatic carbocycles. The minimum Gasteiger partial charge on any atom is -0.338 e. The first-order chi connectivity index (χ1) is 12.7. The summed E-state index contributed by atoms with van der Waals surface area (Å²) in [6.07, 6.45) is 4.93. The molecule has 1 fully saturated rings. The normalized spacial score (nSPS) is 15.1. The van der Waals surface area contributed by atoms with Gasteiger partial charge in [-0.15, -0.1) is 16.8 Å². The van der Waals surface area contributed by atoms with Crippen molar-refractivity contribution in [3.05, 3.63) is 66.1 Å². The summed E-state index contributed by atoms with van der Waals surface area (Å²) in [7, 11) is 0. The summed E-state index contributed by atoms with van der Waals surface area (Å²) in [6, 6.07) is 10.3. The number of benzene rings is 1. The smallest absolute Gasteiger partial charge is 0.239 e. The van der Waals surface area contributed by atoms with Gasteiger partial charge < -0.3 is 9.09 Å². The topological polar surface area (TPSA) is 69.6 Å². The lowest BCUT2D eigenvalue weighted by Crippen LogP contribution is -2.05. The van der Waals surface area contributed by atoms with E-state index in [1.807, 2.05) is 24.3 Å². The minimum absolute atomic E-state index is 0.0207. The summed E-state index contributed by atoms with van der Waals surface area (Å²) in [5.74, 6) is 2.90. The average molecular weight is 367 g/mol. The molecule has 0 bridgehead atoms. The van der Waals surface area contributed by atoms with Crippen LogP contribution in [0.4, 0.5) is 0 Å². The molecule has 1 saturated carbocycles. The fraction of sp³-hybridized carbons (Fsp3) is 0.368. The fourth-order valence-electron chi connectivity index (χ4n) is 2.76.